The third kappa shape index (κ3) is 2.40. The normalized spacial score (nSPS) is 28.9. The molecule has 0 radical (unpaired) electrons. The number of rotatable bonds is 1. The maximum Gasteiger partial charge on any atom is 0.328 e. The standard InChI is InChI=1S/C17H18N4O6/c1-8-7-20-12-5-11(21(25)26)4-3-10(12)6-17(13(20)9(2)27-8)14(22)18-16(24)19-15(17)23/h3-5,8-9,13H,6-7H2,1-2H3,(H2,18,19,22,23,24)/t8-,9+,13?/m1/s1. The molecule has 0 aromatic heterocycles. The fourth-order valence-electron chi connectivity index (χ4n) is 4.52. The van der Waals surface area contributed by atoms with Crippen LogP contribution < -0.4 is 15.5 Å². The number of nitrogens with one attached hydrogen (secondary N) is 2. The van der Waals surface area contributed by atoms with Crippen LogP contribution in [0, 0.1) is 15.5 Å². The van der Waals surface area contributed by atoms with Gasteiger partial charge in [-0.05, 0) is 25.8 Å². The average Bonchev–Trinajstić information content (AvgIpc) is 2.58. The Labute approximate surface area is 154 Å². The van der Waals surface area contributed by atoms with Crippen LogP contribution >= 0.6 is 0 Å². The lowest BCUT2D eigenvalue weighted by Gasteiger charge is -2.55. The lowest BCUT2D eigenvalue weighted by molar-refractivity contribution is -0.384. The van der Waals surface area contributed by atoms with E-state index >= 15 is 0 Å². The summed E-state index contributed by atoms with van der Waals surface area (Å²) in [5, 5.41) is 15.6. The highest BCUT2D eigenvalue weighted by Gasteiger charge is 2.62. The molecule has 2 N–H and O–H groups in total. The number of amides is 4. The smallest absolute Gasteiger partial charge is 0.328 e. The van der Waals surface area contributed by atoms with Crippen molar-refractivity contribution in [1.29, 1.82) is 0 Å². The molecule has 3 heterocycles. The largest absolute Gasteiger partial charge is 0.372 e. The molecule has 1 aromatic rings. The van der Waals surface area contributed by atoms with Crippen LogP contribution in [0.3, 0.4) is 0 Å². The summed E-state index contributed by atoms with van der Waals surface area (Å²) in [6.07, 6.45) is -0.685. The molecule has 2 fully saturated rings. The van der Waals surface area contributed by atoms with Crippen molar-refractivity contribution in [1.82, 2.24) is 10.6 Å². The minimum absolute atomic E-state index is 0.0223. The number of nitro groups is 1. The first-order valence-corrected chi connectivity index (χ1v) is 8.60. The maximum atomic E-state index is 12.9. The number of ether oxygens (including phenoxy) is 1. The second kappa shape index (κ2) is 5.74. The van der Waals surface area contributed by atoms with Crippen molar-refractivity contribution in [2.75, 3.05) is 11.4 Å². The van der Waals surface area contributed by atoms with Crippen molar-refractivity contribution in [3.8, 4) is 0 Å². The fraction of sp³-hybridized carbons (Fsp3) is 0.471. The van der Waals surface area contributed by atoms with Crippen molar-refractivity contribution in [2.45, 2.75) is 38.5 Å². The Hall–Kier alpha value is -3.01. The van der Waals surface area contributed by atoms with Crippen LogP contribution in [0.15, 0.2) is 18.2 Å². The summed E-state index contributed by atoms with van der Waals surface area (Å²) in [5.74, 6) is -1.36. The molecule has 27 heavy (non-hydrogen) atoms. The number of hydrogen-bond donors (Lipinski definition) is 2. The summed E-state index contributed by atoms with van der Waals surface area (Å²) in [5.41, 5.74) is -0.378. The molecule has 3 atom stereocenters. The number of anilines is 1. The highest BCUT2D eigenvalue weighted by molar-refractivity contribution is 6.20. The van der Waals surface area contributed by atoms with Crippen LogP contribution in [-0.4, -0.2) is 47.6 Å². The van der Waals surface area contributed by atoms with Crippen LogP contribution in [0.2, 0.25) is 0 Å². The van der Waals surface area contributed by atoms with Crippen molar-refractivity contribution in [3.63, 3.8) is 0 Å². The van der Waals surface area contributed by atoms with Gasteiger partial charge in [-0.1, -0.05) is 6.07 Å². The van der Waals surface area contributed by atoms with E-state index < -0.39 is 40.3 Å². The quantitative estimate of drug-likeness (QED) is 0.415. The number of morpholine rings is 1. The predicted octanol–water partition coefficient (Wildman–Crippen LogP) is 0.485. The Kier molecular flexibility index (Phi) is 3.70. The number of carbonyl (C=O) groups excluding carboxylic acids is 3. The lowest BCUT2D eigenvalue weighted by Crippen LogP contribution is -2.75. The first kappa shape index (κ1) is 17.4. The van der Waals surface area contributed by atoms with Gasteiger partial charge in [-0.15, -0.1) is 0 Å². The van der Waals surface area contributed by atoms with Gasteiger partial charge in [0.1, 0.15) is 0 Å². The van der Waals surface area contributed by atoms with Crippen molar-refractivity contribution in [2.24, 2.45) is 5.41 Å². The third-order valence-electron chi connectivity index (χ3n) is 5.51. The van der Waals surface area contributed by atoms with Gasteiger partial charge >= 0.3 is 6.03 Å². The topological polar surface area (TPSA) is 131 Å². The van der Waals surface area contributed by atoms with Gasteiger partial charge in [-0.2, -0.15) is 0 Å². The van der Waals surface area contributed by atoms with Gasteiger partial charge in [0.25, 0.3) is 5.69 Å². The number of non-ortho nitro benzene ring substituents is 1. The molecular formula is C17H18N4O6. The number of hydrogen-bond acceptors (Lipinski definition) is 7. The number of fused-ring (bicyclic) bond motifs is 4. The number of imide groups is 2. The summed E-state index contributed by atoms with van der Waals surface area (Å²) in [6, 6.07) is 2.83. The molecule has 0 saturated carbocycles. The van der Waals surface area contributed by atoms with Crippen LogP contribution in [0.25, 0.3) is 0 Å². The van der Waals surface area contributed by atoms with Crippen molar-refractivity contribution < 1.29 is 24.0 Å². The second-order valence-corrected chi connectivity index (χ2v) is 7.20. The first-order valence-electron chi connectivity index (χ1n) is 8.60. The molecule has 2 saturated heterocycles. The summed E-state index contributed by atoms with van der Waals surface area (Å²) in [4.78, 5) is 49.9. The Morgan fingerprint density at radius 1 is 1.22 bits per heavy atom. The van der Waals surface area contributed by atoms with E-state index in [-0.39, 0.29) is 18.2 Å². The van der Waals surface area contributed by atoms with Crippen molar-refractivity contribution >= 4 is 29.2 Å². The molecule has 4 rings (SSSR count). The fourth-order valence-corrected chi connectivity index (χ4v) is 4.52. The highest BCUT2D eigenvalue weighted by Crippen LogP contribution is 2.47. The molecule has 1 spiro atoms. The summed E-state index contributed by atoms with van der Waals surface area (Å²) < 4.78 is 5.88. The zero-order valence-corrected chi connectivity index (χ0v) is 14.7. The van der Waals surface area contributed by atoms with Gasteiger partial charge in [-0.3, -0.25) is 30.3 Å². The molecule has 1 unspecified atom stereocenters. The molecule has 0 bridgehead atoms. The number of urea groups is 1. The van der Waals surface area contributed by atoms with Gasteiger partial charge in [-0.25, -0.2) is 4.79 Å². The lowest BCUT2D eigenvalue weighted by atomic mass is 9.66. The third-order valence-corrected chi connectivity index (χ3v) is 5.51. The molecule has 10 nitrogen and oxygen atoms in total. The maximum absolute atomic E-state index is 12.9. The van der Waals surface area contributed by atoms with Gasteiger partial charge in [0.15, 0.2) is 5.41 Å². The minimum atomic E-state index is -1.56. The van der Waals surface area contributed by atoms with Crippen LogP contribution in [0.1, 0.15) is 19.4 Å². The number of nitrogens with zero attached hydrogens (tertiary/aromatic N) is 2. The van der Waals surface area contributed by atoms with Crippen molar-refractivity contribution in [3.05, 3.63) is 33.9 Å². The Bertz CT molecular complexity index is 864. The van der Waals surface area contributed by atoms with E-state index in [4.69, 9.17) is 4.74 Å². The Morgan fingerprint density at radius 3 is 2.52 bits per heavy atom. The van der Waals surface area contributed by atoms with Crippen LogP contribution in [0.4, 0.5) is 16.2 Å². The van der Waals surface area contributed by atoms with E-state index in [1.54, 1.807) is 13.0 Å². The molecule has 0 aliphatic carbocycles. The molecule has 142 valence electrons. The predicted molar refractivity (Wildman–Crippen MR) is 92.1 cm³/mol. The summed E-state index contributed by atoms with van der Waals surface area (Å²) in [6.45, 7) is 3.98. The SMILES string of the molecule is C[C@@H]1CN2c3cc([N+](=O)[O-])ccc3CC3(C(=O)NC(=O)NC3=O)C2[C@H](C)O1. The van der Waals surface area contributed by atoms with Crippen LogP contribution in [-0.2, 0) is 20.7 Å². The monoisotopic (exact) mass is 374 g/mol. The van der Waals surface area contributed by atoms with E-state index in [2.05, 4.69) is 10.6 Å². The van der Waals surface area contributed by atoms with E-state index in [0.29, 0.717) is 17.8 Å². The molecule has 10 heteroatoms. The Morgan fingerprint density at radius 2 is 1.89 bits per heavy atom. The van der Waals surface area contributed by atoms with Crippen LogP contribution in [0.5, 0.6) is 0 Å². The van der Waals surface area contributed by atoms with E-state index in [0.717, 1.165) is 0 Å². The second-order valence-electron chi connectivity index (χ2n) is 7.20. The minimum Gasteiger partial charge on any atom is -0.372 e. The average molecular weight is 374 g/mol. The molecule has 3 aliphatic heterocycles. The van der Waals surface area contributed by atoms with E-state index in [1.165, 1.54) is 12.1 Å². The molecule has 3 aliphatic rings. The molecular weight excluding hydrogens is 356 g/mol. The number of carbonyl (C=O) groups is 3. The van der Waals surface area contributed by atoms with E-state index in [1.807, 2.05) is 11.8 Å². The zero-order chi connectivity index (χ0) is 19.5. The van der Waals surface area contributed by atoms with Gasteiger partial charge in [0.05, 0.1) is 23.2 Å². The summed E-state index contributed by atoms with van der Waals surface area (Å²) >= 11 is 0. The van der Waals surface area contributed by atoms with Gasteiger partial charge < -0.3 is 9.64 Å². The number of nitro benzene ring substituents is 1. The zero-order valence-electron chi connectivity index (χ0n) is 14.7. The molecule has 4 amide bonds. The highest BCUT2D eigenvalue weighted by atomic mass is 16.6. The molecule has 1 aromatic carbocycles. The Balaban J connectivity index is 1.91. The van der Waals surface area contributed by atoms with Gasteiger partial charge in [0.2, 0.25) is 11.8 Å². The van der Waals surface area contributed by atoms with E-state index in [9.17, 15) is 24.5 Å². The number of barbiturate groups is 1. The summed E-state index contributed by atoms with van der Waals surface area (Å²) in [7, 11) is 0. The first-order chi connectivity index (χ1) is 12.7. The number of benzene rings is 1. The van der Waals surface area contributed by atoms with Gasteiger partial charge in [0, 0.05) is 24.4 Å².